The summed E-state index contributed by atoms with van der Waals surface area (Å²) in [7, 11) is 1.38. The SMILES string of the molecule is COC(=O)C1CCC(NC(=O)c2cc(F)cnc2Oc2cccc(SC)c2)CC1. The van der Waals surface area contributed by atoms with E-state index in [-0.39, 0.29) is 29.4 Å². The Balaban J connectivity index is 1.70. The molecule has 0 aliphatic heterocycles. The van der Waals surface area contributed by atoms with Crippen LogP contribution < -0.4 is 10.1 Å². The summed E-state index contributed by atoms with van der Waals surface area (Å²) in [5, 5.41) is 2.91. The lowest BCUT2D eigenvalue weighted by molar-refractivity contribution is -0.146. The maximum absolute atomic E-state index is 13.8. The number of ether oxygens (including phenoxy) is 2. The second kappa shape index (κ2) is 9.73. The van der Waals surface area contributed by atoms with Crippen LogP contribution in [0.25, 0.3) is 0 Å². The number of methoxy groups -OCH3 is 1. The zero-order chi connectivity index (χ0) is 20.8. The van der Waals surface area contributed by atoms with E-state index in [1.807, 2.05) is 24.5 Å². The summed E-state index contributed by atoms with van der Waals surface area (Å²) in [6, 6.07) is 8.37. The van der Waals surface area contributed by atoms with Gasteiger partial charge < -0.3 is 14.8 Å². The highest BCUT2D eigenvalue weighted by molar-refractivity contribution is 7.98. The van der Waals surface area contributed by atoms with Crippen molar-refractivity contribution in [1.29, 1.82) is 0 Å². The first kappa shape index (κ1) is 21.1. The van der Waals surface area contributed by atoms with Crippen LogP contribution in [0.5, 0.6) is 11.6 Å². The van der Waals surface area contributed by atoms with Crippen LogP contribution in [0, 0.1) is 11.7 Å². The van der Waals surface area contributed by atoms with Crippen LogP contribution in [-0.4, -0.2) is 36.3 Å². The third-order valence-corrected chi connectivity index (χ3v) is 5.64. The highest BCUT2D eigenvalue weighted by atomic mass is 32.2. The summed E-state index contributed by atoms with van der Waals surface area (Å²) in [5.74, 6) is -0.850. The van der Waals surface area contributed by atoms with E-state index in [4.69, 9.17) is 9.47 Å². The molecule has 29 heavy (non-hydrogen) atoms. The summed E-state index contributed by atoms with van der Waals surface area (Å²) in [5.41, 5.74) is 0.0367. The number of benzene rings is 1. The highest BCUT2D eigenvalue weighted by Crippen LogP contribution is 2.29. The molecule has 1 amide bonds. The molecule has 6 nitrogen and oxygen atoms in total. The molecule has 1 N–H and O–H groups in total. The number of rotatable bonds is 6. The fourth-order valence-electron chi connectivity index (χ4n) is 3.35. The number of pyridine rings is 1. The van der Waals surface area contributed by atoms with Crippen molar-refractivity contribution in [2.24, 2.45) is 5.92 Å². The Morgan fingerprint density at radius 2 is 1.97 bits per heavy atom. The van der Waals surface area contributed by atoms with Gasteiger partial charge in [0.25, 0.3) is 5.91 Å². The van der Waals surface area contributed by atoms with E-state index in [2.05, 4.69) is 10.3 Å². The van der Waals surface area contributed by atoms with E-state index in [0.717, 1.165) is 17.2 Å². The van der Waals surface area contributed by atoms with E-state index in [0.29, 0.717) is 31.4 Å². The number of hydrogen-bond acceptors (Lipinski definition) is 6. The quantitative estimate of drug-likeness (QED) is 0.560. The molecule has 3 rings (SSSR count). The van der Waals surface area contributed by atoms with Crippen LogP contribution in [0.4, 0.5) is 4.39 Å². The largest absolute Gasteiger partial charge is 0.469 e. The molecule has 0 unspecified atom stereocenters. The van der Waals surface area contributed by atoms with Gasteiger partial charge in [0.15, 0.2) is 0 Å². The van der Waals surface area contributed by atoms with Crippen LogP contribution in [0.15, 0.2) is 41.4 Å². The topological polar surface area (TPSA) is 77.5 Å². The molecule has 8 heteroatoms. The Hall–Kier alpha value is -2.61. The molecule has 1 fully saturated rings. The van der Waals surface area contributed by atoms with Gasteiger partial charge in [-0.15, -0.1) is 11.8 Å². The number of carbonyl (C=O) groups excluding carboxylic acids is 2. The number of thioether (sulfide) groups is 1. The molecule has 0 saturated heterocycles. The molecule has 0 radical (unpaired) electrons. The normalized spacial score (nSPS) is 18.7. The zero-order valence-electron chi connectivity index (χ0n) is 16.3. The summed E-state index contributed by atoms with van der Waals surface area (Å²) in [4.78, 5) is 29.4. The predicted octanol–water partition coefficient (Wildman–Crippen LogP) is 4.20. The molecule has 1 aromatic heterocycles. The monoisotopic (exact) mass is 418 g/mol. The van der Waals surface area contributed by atoms with Crippen molar-refractivity contribution < 1.29 is 23.5 Å². The number of esters is 1. The Labute approximate surface area is 173 Å². The third-order valence-electron chi connectivity index (χ3n) is 4.92. The highest BCUT2D eigenvalue weighted by Gasteiger charge is 2.28. The molecule has 154 valence electrons. The lowest BCUT2D eigenvalue weighted by Gasteiger charge is -2.27. The van der Waals surface area contributed by atoms with Crippen molar-refractivity contribution in [1.82, 2.24) is 10.3 Å². The predicted molar refractivity (Wildman–Crippen MR) is 108 cm³/mol. The standard InChI is InChI=1S/C21H23FN2O4S/c1-27-21(26)13-6-8-15(9-7-13)24-19(25)18-10-14(22)12-23-20(18)28-16-4-3-5-17(11-16)29-2/h3-5,10-13,15H,6-9H2,1-2H3,(H,24,25). The molecule has 1 saturated carbocycles. The van der Waals surface area contributed by atoms with Crippen molar-refractivity contribution in [2.45, 2.75) is 36.6 Å². The molecular weight excluding hydrogens is 395 g/mol. The maximum Gasteiger partial charge on any atom is 0.308 e. The first-order valence-electron chi connectivity index (χ1n) is 9.36. The van der Waals surface area contributed by atoms with Gasteiger partial charge in [0, 0.05) is 10.9 Å². The van der Waals surface area contributed by atoms with Crippen molar-refractivity contribution in [3.8, 4) is 11.6 Å². The number of amides is 1. The second-order valence-electron chi connectivity index (χ2n) is 6.83. The number of nitrogens with zero attached hydrogens (tertiary/aromatic N) is 1. The van der Waals surface area contributed by atoms with Gasteiger partial charge in [-0.3, -0.25) is 9.59 Å². The molecule has 1 aliphatic rings. The Kier molecular flexibility index (Phi) is 7.09. The molecule has 0 spiro atoms. The van der Waals surface area contributed by atoms with Crippen molar-refractivity contribution in [3.63, 3.8) is 0 Å². The molecule has 1 aromatic carbocycles. The fourth-order valence-corrected chi connectivity index (χ4v) is 3.80. The van der Waals surface area contributed by atoms with Crippen LogP contribution in [0.3, 0.4) is 0 Å². The molecule has 0 atom stereocenters. The van der Waals surface area contributed by atoms with E-state index in [1.165, 1.54) is 7.11 Å². The average Bonchev–Trinajstić information content (AvgIpc) is 2.75. The molecule has 1 aliphatic carbocycles. The number of carbonyl (C=O) groups is 2. The second-order valence-corrected chi connectivity index (χ2v) is 7.71. The minimum Gasteiger partial charge on any atom is -0.469 e. The number of aromatic nitrogens is 1. The van der Waals surface area contributed by atoms with Gasteiger partial charge >= 0.3 is 5.97 Å². The van der Waals surface area contributed by atoms with Gasteiger partial charge in [-0.25, -0.2) is 9.37 Å². The van der Waals surface area contributed by atoms with Gasteiger partial charge in [-0.2, -0.15) is 0 Å². The smallest absolute Gasteiger partial charge is 0.308 e. The molecule has 1 heterocycles. The first-order valence-corrected chi connectivity index (χ1v) is 10.6. The Morgan fingerprint density at radius 3 is 2.66 bits per heavy atom. The van der Waals surface area contributed by atoms with Crippen molar-refractivity contribution in [2.75, 3.05) is 13.4 Å². The lowest BCUT2D eigenvalue weighted by Crippen LogP contribution is -2.39. The molecule has 2 aromatic rings. The summed E-state index contributed by atoms with van der Waals surface area (Å²) < 4.78 is 24.3. The lowest BCUT2D eigenvalue weighted by atomic mass is 9.86. The average molecular weight is 418 g/mol. The van der Waals surface area contributed by atoms with Gasteiger partial charge in [0.05, 0.1) is 19.2 Å². The molecule has 0 bridgehead atoms. The Bertz CT molecular complexity index is 885. The number of halogens is 1. The van der Waals surface area contributed by atoms with Gasteiger partial charge in [-0.05, 0) is 56.2 Å². The van der Waals surface area contributed by atoms with Crippen LogP contribution in [-0.2, 0) is 9.53 Å². The van der Waals surface area contributed by atoms with Crippen LogP contribution >= 0.6 is 11.8 Å². The summed E-state index contributed by atoms with van der Waals surface area (Å²) in [6.45, 7) is 0. The zero-order valence-corrected chi connectivity index (χ0v) is 17.1. The number of hydrogen-bond donors (Lipinski definition) is 1. The number of nitrogens with one attached hydrogen (secondary N) is 1. The van der Waals surface area contributed by atoms with Crippen LogP contribution in [0.1, 0.15) is 36.0 Å². The summed E-state index contributed by atoms with van der Waals surface area (Å²) in [6.07, 6.45) is 5.56. The van der Waals surface area contributed by atoms with Crippen molar-refractivity contribution in [3.05, 3.63) is 47.9 Å². The summed E-state index contributed by atoms with van der Waals surface area (Å²) >= 11 is 1.56. The first-order chi connectivity index (χ1) is 14.0. The maximum atomic E-state index is 13.8. The third kappa shape index (κ3) is 5.47. The molecular formula is C21H23FN2O4S. The minimum absolute atomic E-state index is 0.0367. The van der Waals surface area contributed by atoms with Gasteiger partial charge in [-0.1, -0.05) is 6.07 Å². The van der Waals surface area contributed by atoms with Gasteiger partial charge in [0.2, 0.25) is 5.88 Å². The fraction of sp³-hybridized carbons (Fsp3) is 0.381. The van der Waals surface area contributed by atoms with E-state index >= 15 is 0 Å². The van der Waals surface area contributed by atoms with Crippen molar-refractivity contribution >= 4 is 23.6 Å². The van der Waals surface area contributed by atoms with Gasteiger partial charge in [0.1, 0.15) is 17.1 Å². The Morgan fingerprint density at radius 1 is 1.21 bits per heavy atom. The van der Waals surface area contributed by atoms with E-state index in [9.17, 15) is 14.0 Å². The van der Waals surface area contributed by atoms with E-state index < -0.39 is 11.7 Å². The van der Waals surface area contributed by atoms with Crippen LogP contribution in [0.2, 0.25) is 0 Å². The minimum atomic E-state index is -0.616. The van der Waals surface area contributed by atoms with E-state index in [1.54, 1.807) is 17.8 Å².